The molecule has 2 aromatic heterocycles. The number of rotatable bonds is 2. The van der Waals surface area contributed by atoms with Crippen LogP contribution in [0.1, 0.15) is 39.0 Å². The maximum atomic E-state index is 12.9. The van der Waals surface area contributed by atoms with Crippen molar-refractivity contribution in [1.82, 2.24) is 14.5 Å². The summed E-state index contributed by atoms with van der Waals surface area (Å²) in [5, 5.41) is 0. The molecule has 0 aliphatic carbocycles. The summed E-state index contributed by atoms with van der Waals surface area (Å²) in [6.45, 7) is 3.23. The van der Waals surface area contributed by atoms with E-state index >= 15 is 0 Å². The summed E-state index contributed by atoms with van der Waals surface area (Å²) in [5.41, 5.74) is 0.353. The van der Waals surface area contributed by atoms with Crippen molar-refractivity contribution in [2.75, 3.05) is 13.1 Å². The quantitative estimate of drug-likeness (QED) is 0.621. The number of halogens is 3. The van der Waals surface area contributed by atoms with Gasteiger partial charge in [0.05, 0.1) is 27.8 Å². The van der Waals surface area contributed by atoms with Crippen LogP contribution in [-0.4, -0.2) is 33.4 Å². The molecule has 0 saturated carbocycles. The van der Waals surface area contributed by atoms with Crippen molar-refractivity contribution in [1.29, 1.82) is 0 Å². The molecule has 27 heavy (non-hydrogen) atoms. The van der Waals surface area contributed by atoms with Crippen LogP contribution in [0.25, 0.3) is 11.0 Å². The standard InChI is InChI=1S/C19H18F3N3OS/c1-12-2-5-17(27-12)18(26)24-8-6-14(7-9-24)25-11-23-15-10-13(19(20,21)22)3-4-16(15)25/h2-5,10-11,14H,6-9H2,1H3. The first-order valence-corrected chi connectivity index (χ1v) is 9.54. The van der Waals surface area contributed by atoms with E-state index in [1.54, 1.807) is 6.33 Å². The van der Waals surface area contributed by atoms with Crippen LogP contribution >= 0.6 is 11.3 Å². The van der Waals surface area contributed by atoms with E-state index in [1.165, 1.54) is 17.4 Å². The predicted molar refractivity (Wildman–Crippen MR) is 98.0 cm³/mol. The average Bonchev–Trinajstić information content (AvgIpc) is 3.26. The Morgan fingerprint density at radius 3 is 2.56 bits per heavy atom. The van der Waals surface area contributed by atoms with Gasteiger partial charge in [-0.25, -0.2) is 4.98 Å². The number of alkyl halides is 3. The van der Waals surface area contributed by atoms with Gasteiger partial charge >= 0.3 is 6.18 Å². The molecule has 0 N–H and O–H groups in total. The highest BCUT2D eigenvalue weighted by atomic mass is 32.1. The van der Waals surface area contributed by atoms with Gasteiger partial charge in [-0.1, -0.05) is 0 Å². The second kappa shape index (κ2) is 6.67. The number of amides is 1. The van der Waals surface area contributed by atoms with Gasteiger partial charge in [0.1, 0.15) is 0 Å². The van der Waals surface area contributed by atoms with E-state index in [-0.39, 0.29) is 11.9 Å². The molecule has 8 heteroatoms. The molecule has 1 saturated heterocycles. The zero-order valence-corrected chi connectivity index (χ0v) is 15.5. The zero-order valence-electron chi connectivity index (χ0n) is 14.7. The van der Waals surface area contributed by atoms with Crippen LogP contribution in [0, 0.1) is 6.92 Å². The Balaban J connectivity index is 1.49. The van der Waals surface area contributed by atoms with Gasteiger partial charge in [-0.2, -0.15) is 13.2 Å². The Morgan fingerprint density at radius 2 is 1.93 bits per heavy atom. The lowest BCUT2D eigenvalue weighted by Crippen LogP contribution is -2.38. The first-order valence-electron chi connectivity index (χ1n) is 8.72. The molecule has 3 heterocycles. The number of nitrogens with zero attached hydrogens (tertiary/aromatic N) is 3. The monoisotopic (exact) mass is 393 g/mol. The first kappa shape index (κ1) is 18.0. The van der Waals surface area contributed by atoms with E-state index in [9.17, 15) is 18.0 Å². The topological polar surface area (TPSA) is 38.1 Å². The third-order valence-electron chi connectivity index (χ3n) is 5.00. The number of carbonyl (C=O) groups excluding carboxylic acids is 1. The number of carbonyl (C=O) groups is 1. The molecule has 4 rings (SSSR count). The number of aromatic nitrogens is 2. The molecule has 0 spiro atoms. The van der Waals surface area contributed by atoms with Crippen LogP contribution in [-0.2, 0) is 6.18 Å². The number of hydrogen-bond donors (Lipinski definition) is 0. The fourth-order valence-corrected chi connectivity index (χ4v) is 4.39. The number of piperidine rings is 1. The van der Waals surface area contributed by atoms with Crippen molar-refractivity contribution in [2.45, 2.75) is 32.0 Å². The van der Waals surface area contributed by atoms with Gasteiger partial charge in [-0.05, 0) is 50.1 Å². The fourth-order valence-electron chi connectivity index (χ4n) is 3.55. The molecular weight excluding hydrogens is 375 g/mol. The number of imidazole rings is 1. The Labute approximate surface area is 158 Å². The van der Waals surface area contributed by atoms with Crippen LogP contribution in [0.4, 0.5) is 13.2 Å². The maximum Gasteiger partial charge on any atom is 0.416 e. The highest BCUT2D eigenvalue weighted by Crippen LogP contribution is 2.33. The van der Waals surface area contributed by atoms with Crippen molar-refractivity contribution in [3.63, 3.8) is 0 Å². The van der Waals surface area contributed by atoms with Crippen molar-refractivity contribution in [2.24, 2.45) is 0 Å². The fraction of sp³-hybridized carbons (Fsp3) is 0.368. The molecule has 4 nitrogen and oxygen atoms in total. The van der Waals surface area contributed by atoms with Crippen molar-refractivity contribution in [3.05, 3.63) is 52.0 Å². The van der Waals surface area contributed by atoms with E-state index in [0.717, 1.165) is 34.7 Å². The third kappa shape index (κ3) is 3.45. The number of hydrogen-bond acceptors (Lipinski definition) is 3. The summed E-state index contributed by atoms with van der Waals surface area (Å²) in [6, 6.07) is 7.59. The van der Waals surface area contributed by atoms with Crippen LogP contribution in [0.5, 0.6) is 0 Å². The lowest BCUT2D eigenvalue weighted by molar-refractivity contribution is -0.137. The summed E-state index contributed by atoms with van der Waals surface area (Å²) in [5.74, 6) is 0.0526. The lowest BCUT2D eigenvalue weighted by atomic mass is 10.0. The second-order valence-corrected chi connectivity index (χ2v) is 8.07. The van der Waals surface area contributed by atoms with Gasteiger partial charge in [-0.3, -0.25) is 4.79 Å². The number of benzene rings is 1. The van der Waals surface area contributed by atoms with Crippen LogP contribution in [0.3, 0.4) is 0 Å². The van der Waals surface area contributed by atoms with Crippen molar-refractivity contribution >= 4 is 28.3 Å². The number of thiophene rings is 1. The largest absolute Gasteiger partial charge is 0.416 e. The molecule has 1 fully saturated rings. The Hall–Kier alpha value is -2.35. The Bertz CT molecular complexity index is 984. The van der Waals surface area contributed by atoms with Gasteiger partial charge in [0, 0.05) is 24.0 Å². The minimum Gasteiger partial charge on any atom is -0.338 e. The predicted octanol–water partition coefficient (Wildman–Crippen LogP) is 4.90. The molecule has 3 aromatic rings. The number of fused-ring (bicyclic) bond motifs is 1. The summed E-state index contributed by atoms with van der Waals surface area (Å²) < 4.78 is 40.5. The Morgan fingerprint density at radius 1 is 1.19 bits per heavy atom. The molecular formula is C19H18F3N3OS. The number of aryl methyl sites for hydroxylation is 1. The van der Waals surface area contributed by atoms with E-state index in [1.807, 2.05) is 28.5 Å². The molecule has 1 aliphatic rings. The number of likely N-dealkylation sites (tertiary alicyclic amines) is 1. The summed E-state index contributed by atoms with van der Waals surface area (Å²) in [6.07, 6.45) is -1.26. The summed E-state index contributed by atoms with van der Waals surface area (Å²) in [4.78, 5) is 20.4. The highest BCUT2D eigenvalue weighted by Gasteiger charge is 2.31. The SMILES string of the molecule is Cc1ccc(C(=O)N2CCC(n3cnc4cc(C(F)(F)F)ccc43)CC2)s1. The van der Waals surface area contributed by atoms with Crippen molar-refractivity contribution < 1.29 is 18.0 Å². The van der Waals surface area contributed by atoms with E-state index in [4.69, 9.17) is 0 Å². The second-order valence-electron chi connectivity index (χ2n) is 6.79. The summed E-state index contributed by atoms with van der Waals surface area (Å²) >= 11 is 1.49. The molecule has 0 radical (unpaired) electrons. The first-order chi connectivity index (χ1) is 12.8. The summed E-state index contributed by atoms with van der Waals surface area (Å²) in [7, 11) is 0. The minimum atomic E-state index is -4.37. The van der Waals surface area contributed by atoms with Gasteiger partial charge < -0.3 is 9.47 Å². The highest BCUT2D eigenvalue weighted by molar-refractivity contribution is 7.13. The van der Waals surface area contributed by atoms with Gasteiger partial charge in [0.15, 0.2) is 0 Å². The molecule has 0 atom stereocenters. The average molecular weight is 393 g/mol. The van der Waals surface area contributed by atoms with Crippen LogP contribution < -0.4 is 0 Å². The zero-order chi connectivity index (χ0) is 19.2. The van der Waals surface area contributed by atoms with Gasteiger partial charge in [0.25, 0.3) is 5.91 Å². The van der Waals surface area contributed by atoms with E-state index in [0.29, 0.717) is 24.1 Å². The molecule has 1 aromatic carbocycles. The van der Waals surface area contributed by atoms with Crippen LogP contribution in [0.2, 0.25) is 0 Å². The van der Waals surface area contributed by atoms with Crippen molar-refractivity contribution in [3.8, 4) is 0 Å². The smallest absolute Gasteiger partial charge is 0.338 e. The van der Waals surface area contributed by atoms with Gasteiger partial charge in [-0.15, -0.1) is 11.3 Å². The Kier molecular flexibility index (Phi) is 4.46. The maximum absolute atomic E-state index is 12.9. The normalized spacial score (nSPS) is 16.2. The lowest BCUT2D eigenvalue weighted by Gasteiger charge is -2.32. The van der Waals surface area contributed by atoms with E-state index in [2.05, 4.69) is 4.98 Å². The van der Waals surface area contributed by atoms with E-state index < -0.39 is 11.7 Å². The molecule has 1 aliphatic heterocycles. The third-order valence-corrected chi connectivity index (χ3v) is 5.99. The molecule has 0 unspecified atom stereocenters. The molecule has 142 valence electrons. The van der Waals surface area contributed by atoms with Gasteiger partial charge in [0.2, 0.25) is 0 Å². The molecule has 0 bridgehead atoms. The minimum absolute atomic E-state index is 0.0526. The van der Waals surface area contributed by atoms with Crippen LogP contribution in [0.15, 0.2) is 36.7 Å². The molecule has 1 amide bonds.